The summed E-state index contributed by atoms with van der Waals surface area (Å²) in [6, 6.07) is 3.71. The third-order valence-corrected chi connectivity index (χ3v) is 4.06. The van der Waals surface area contributed by atoms with Crippen molar-refractivity contribution in [1.82, 2.24) is 14.4 Å². The van der Waals surface area contributed by atoms with Gasteiger partial charge >= 0.3 is 0 Å². The Hall–Kier alpha value is -2.47. The number of carbonyl (C=O) groups is 1. The quantitative estimate of drug-likeness (QED) is 0.782. The van der Waals surface area contributed by atoms with E-state index in [0.717, 1.165) is 18.6 Å². The van der Waals surface area contributed by atoms with E-state index in [-0.39, 0.29) is 18.3 Å². The third-order valence-electron chi connectivity index (χ3n) is 4.06. The van der Waals surface area contributed by atoms with E-state index in [1.165, 1.54) is 0 Å². The zero-order chi connectivity index (χ0) is 16.0. The normalized spacial score (nSPS) is 14.5. The summed E-state index contributed by atoms with van der Waals surface area (Å²) in [6.45, 7) is 1.72. The topological polar surface area (TPSA) is 80.6 Å². The minimum atomic E-state index is -0.144. The largest absolute Gasteiger partial charge is 0.460 e. The summed E-state index contributed by atoms with van der Waals surface area (Å²) < 4.78 is 7.48. The first-order chi connectivity index (χ1) is 11.1. The first-order valence-electron chi connectivity index (χ1n) is 7.72. The van der Waals surface area contributed by atoms with E-state index in [4.69, 9.17) is 4.42 Å². The molecule has 0 spiro atoms. The molecule has 0 aromatic carbocycles. The molecule has 0 amide bonds. The molecule has 0 radical (unpaired) electrons. The Labute approximate surface area is 132 Å². The van der Waals surface area contributed by atoms with E-state index in [1.54, 1.807) is 16.8 Å². The number of hydrogen-bond acceptors (Lipinski definition) is 5. The second-order valence-electron chi connectivity index (χ2n) is 6.03. The van der Waals surface area contributed by atoms with Crippen LogP contribution in [-0.4, -0.2) is 25.3 Å². The number of furan rings is 1. The van der Waals surface area contributed by atoms with Crippen LogP contribution in [0.4, 0.5) is 0 Å². The molecule has 1 N–H and O–H groups in total. The van der Waals surface area contributed by atoms with Gasteiger partial charge in [0.1, 0.15) is 17.2 Å². The number of fused-ring (bicyclic) bond motifs is 1. The smallest absolute Gasteiger partial charge is 0.167 e. The van der Waals surface area contributed by atoms with Crippen LogP contribution in [0, 0.1) is 12.8 Å². The average molecular weight is 311 g/mol. The summed E-state index contributed by atoms with van der Waals surface area (Å²) in [6.07, 6.45) is 5.86. The van der Waals surface area contributed by atoms with Gasteiger partial charge in [-0.1, -0.05) is 0 Å². The van der Waals surface area contributed by atoms with Crippen LogP contribution in [-0.2, 0) is 17.8 Å². The summed E-state index contributed by atoms with van der Waals surface area (Å²) in [5.74, 6) is 1.84. The SMILES string of the molecule is Cc1ccc(-c2nc(CC(=O)C3CC3)cn3cc(CO)nc23)o1. The Bertz CT molecular complexity index is 890. The molecule has 0 atom stereocenters. The molecule has 1 aliphatic rings. The molecule has 0 unspecified atom stereocenters. The van der Waals surface area contributed by atoms with Gasteiger partial charge in [0.2, 0.25) is 0 Å². The number of Topliss-reactive ketones (excluding diaryl/α,β-unsaturated/α-hetero) is 1. The monoisotopic (exact) mass is 311 g/mol. The number of aryl methyl sites for hydroxylation is 1. The lowest BCUT2D eigenvalue weighted by Gasteiger charge is -2.05. The molecule has 3 heterocycles. The van der Waals surface area contributed by atoms with Crippen LogP contribution in [0.1, 0.15) is 30.0 Å². The number of aromatic nitrogens is 3. The third kappa shape index (κ3) is 2.66. The molecule has 3 aromatic heterocycles. The predicted molar refractivity (Wildman–Crippen MR) is 82.8 cm³/mol. The Morgan fingerprint density at radius 3 is 2.74 bits per heavy atom. The van der Waals surface area contributed by atoms with Crippen molar-refractivity contribution < 1.29 is 14.3 Å². The highest BCUT2D eigenvalue weighted by atomic mass is 16.3. The first-order valence-corrected chi connectivity index (χ1v) is 7.72. The van der Waals surface area contributed by atoms with Crippen LogP contribution >= 0.6 is 0 Å². The van der Waals surface area contributed by atoms with Gasteiger partial charge in [-0.05, 0) is 31.9 Å². The maximum atomic E-state index is 12.1. The molecule has 3 aromatic rings. The number of aliphatic hydroxyl groups is 1. The molecule has 0 bridgehead atoms. The van der Waals surface area contributed by atoms with Crippen molar-refractivity contribution in [3.8, 4) is 11.5 Å². The van der Waals surface area contributed by atoms with E-state index >= 15 is 0 Å². The van der Waals surface area contributed by atoms with Gasteiger partial charge in [-0.15, -0.1) is 0 Å². The van der Waals surface area contributed by atoms with Gasteiger partial charge in [0.25, 0.3) is 0 Å². The number of nitrogens with zero attached hydrogens (tertiary/aromatic N) is 3. The number of rotatable bonds is 5. The van der Waals surface area contributed by atoms with Gasteiger partial charge in [0.05, 0.1) is 24.4 Å². The molecular weight excluding hydrogens is 294 g/mol. The number of hydrogen-bond donors (Lipinski definition) is 1. The van der Waals surface area contributed by atoms with Gasteiger partial charge in [0, 0.05) is 18.3 Å². The highest BCUT2D eigenvalue weighted by Crippen LogP contribution is 2.31. The highest BCUT2D eigenvalue weighted by Gasteiger charge is 2.29. The van der Waals surface area contributed by atoms with E-state index in [2.05, 4.69) is 9.97 Å². The molecule has 6 nitrogen and oxygen atoms in total. The number of carbonyl (C=O) groups excluding carboxylic acids is 1. The van der Waals surface area contributed by atoms with Crippen LogP contribution in [0.15, 0.2) is 28.9 Å². The lowest BCUT2D eigenvalue weighted by molar-refractivity contribution is -0.119. The molecule has 4 rings (SSSR count). The summed E-state index contributed by atoms with van der Waals surface area (Å²) in [4.78, 5) is 21.1. The maximum absolute atomic E-state index is 12.1. The Balaban J connectivity index is 1.83. The van der Waals surface area contributed by atoms with Gasteiger partial charge in [0.15, 0.2) is 11.4 Å². The maximum Gasteiger partial charge on any atom is 0.167 e. The summed E-state index contributed by atoms with van der Waals surface area (Å²) >= 11 is 0. The summed E-state index contributed by atoms with van der Waals surface area (Å²) in [5, 5.41) is 9.33. The van der Waals surface area contributed by atoms with Gasteiger partial charge in [-0.3, -0.25) is 4.79 Å². The van der Waals surface area contributed by atoms with Crippen LogP contribution < -0.4 is 0 Å². The van der Waals surface area contributed by atoms with Crippen LogP contribution in [0.25, 0.3) is 17.1 Å². The van der Waals surface area contributed by atoms with Crippen molar-refractivity contribution in [2.75, 3.05) is 0 Å². The molecule has 1 saturated carbocycles. The van der Waals surface area contributed by atoms with Crippen LogP contribution in [0.5, 0.6) is 0 Å². The van der Waals surface area contributed by atoms with Gasteiger partial charge in [-0.25, -0.2) is 9.97 Å². The van der Waals surface area contributed by atoms with E-state index < -0.39 is 0 Å². The van der Waals surface area contributed by atoms with Crippen molar-refractivity contribution in [2.24, 2.45) is 5.92 Å². The Morgan fingerprint density at radius 1 is 1.30 bits per heavy atom. The Morgan fingerprint density at radius 2 is 2.09 bits per heavy atom. The molecule has 0 saturated heterocycles. The average Bonchev–Trinajstić information content (AvgIpc) is 3.17. The molecular formula is C17H17N3O3. The van der Waals surface area contributed by atoms with Crippen molar-refractivity contribution in [3.63, 3.8) is 0 Å². The molecule has 0 aliphatic heterocycles. The minimum Gasteiger partial charge on any atom is -0.460 e. The highest BCUT2D eigenvalue weighted by molar-refractivity contribution is 5.85. The molecule has 1 fully saturated rings. The first kappa shape index (κ1) is 14.1. The fraction of sp³-hybridized carbons (Fsp3) is 0.353. The Kier molecular flexibility index (Phi) is 3.27. The summed E-state index contributed by atoms with van der Waals surface area (Å²) in [7, 11) is 0. The molecule has 1 aliphatic carbocycles. The van der Waals surface area contributed by atoms with Crippen molar-refractivity contribution in [1.29, 1.82) is 0 Å². The van der Waals surface area contributed by atoms with Crippen molar-refractivity contribution in [3.05, 3.63) is 41.7 Å². The van der Waals surface area contributed by atoms with Gasteiger partial charge < -0.3 is 13.9 Å². The standard InChI is InChI=1S/C17H17N3O3/c1-10-2-5-15(23-10)16-17-19-13(9-21)8-20(17)7-12(18-16)6-14(22)11-3-4-11/h2,5,7-8,11,21H,3-4,6,9H2,1H3. The fourth-order valence-electron chi connectivity index (χ4n) is 2.72. The van der Waals surface area contributed by atoms with E-state index in [9.17, 15) is 9.90 Å². The zero-order valence-corrected chi connectivity index (χ0v) is 12.8. The van der Waals surface area contributed by atoms with E-state index in [1.807, 2.05) is 19.1 Å². The number of aliphatic hydroxyl groups excluding tert-OH is 1. The number of ketones is 1. The zero-order valence-electron chi connectivity index (χ0n) is 12.8. The molecule has 6 heteroatoms. The lowest BCUT2D eigenvalue weighted by Crippen LogP contribution is -2.08. The fourth-order valence-corrected chi connectivity index (χ4v) is 2.72. The second kappa shape index (κ2) is 5.31. The van der Waals surface area contributed by atoms with Crippen LogP contribution in [0.3, 0.4) is 0 Å². The molecule has 118 valence electrons. The van der Waals surface area contributed by atoms with E-state index in [0.29, 0.717) is 34.9 Å². The summed E-state index contributed by atoms with van der Waals surface area (Å²) in [5.41, 5.74) is 2.47. The van der Waals surface area contributed by atoms with Crippen molar-refractivity contribution >= 4 is 11.4 Å². The second-order valence-corrected chi connectivity index (χ2v) is 6.03. The van der Waals surface area contributed by atoms with Gasteiger partial charge in [-0.2, -0.15) is 0 Å². The predicted octanol–water partition coefficient (Wildman–Crippen LogP) is 2.31. The number of imidazole rings is 1. The van der Waals surface area contributed by atoms with Crippen LogP contribution in [0.2, 0.25) is 0 Å². The lowest BCUT2D eigenvalue weighted by atomic mass is 10.1. The minimum absolute atomic E-state index is 0.144. The molecule has 23 heavy (non-hydrogen) atoms. The van der Waals surface area contributed by atoms with Crippen molar-refractivity contribution in [2.45, 2.75) is 32.8 Å².